The molecule has 4 rings (SSSR count). The van der Waals surface area contributed by atoms with Crippen LogP contribution in [0, 0.1) is 0 Å². The number of alkyl halides is 2. The average Bonchev–Trinajstić information content (AvgIpc) is 3.12. The summed E-state index contributed by atoms with van der Waals surface area (Å²) in [5, 5.41) is 3.92. The summed E-state index contributed by atoms with van der Waals surface area (Å²) in [5.74, 6) is 0.371. The third-order valence-corrected chi connectivity index (χ3v) is 5.48. The van der Waals surface area contributed by atoms with Crippen LogP contribution in [0.1, 0.15) is 45.1 Å². The van der Waals surface area contributed by atoms with Gasteiger partial charge in [-0.15, -0.1) is 0 Å². The topological polar surface area (TPSA) is 84.8 Å². The summed E-state index contributed by atoms with van der Waals surface area (Å²) < 4.78 is 31.1. The number of aromatic nitrogens is 4. The lowest BCUT2D eigenvalue weighted by Crippen LogP contribution is -2.24. The number of anilines is 1. The summed E-state index contributed by atoms with van der Waals surface area (Å²) in [4.78, 5) is 23.3. The number of hydrogen-bond acceptors (Lipinski definition) is 5. The van der Waals surface area contributed by atoms with E-state index in [4.69, 9.17) is 4.98 Å². The predicted molar refractivity (Wildman–Crippen MR) is 111 cm³/mol. The lowest BCUT2D eigenvalue weighted by Gasteiger charge is -2.24. The van der Waals surface area contributed by atoms with E-state index in [-0.39, 0.29) is 18.2 Å². The molecular formula is C21H25F2N5O2. The Morgan fingerprint density at radius 1 is 1.30 bits per heavy atom. The van der Waals surface area contributed by atoms with Crippen molar-refractivity contribution in [3.05, 3.63) is 41.1 Å². The first-order valence-corrected chi connectivity index (χ1v) is 10.2. The van der Waals surface area contributed by atoms with Gasteiger partial charge in [0.1, 0.15) is 5.65 Å². The van der Waals surface area contributed by atoms with E-state index in [1.54, 1.807) is 25.4 Å². The SMILES string of the molecule is C[C@@H](COC(F)F)Nc1ncc2c(-c3ccc(=O)[nH]c3)cn(C3CCCCC3)c2n1. The largest absolute Gasteiger partial charge is 0.349 e. The van der Waals surface area contributed by atoms with E-state index >= 15 is 0 Å². The van der Waals surface area contributed by atoms with E-state index in [1.807, 2.05) is 0 Å². The molecule has 0 spiro atoms. The van der Waals surface area contributed by atoms with Crippen LogP contribution >= 0.6 is 0 Å². The zero-order valence-corrected chi connectivity index (χ0v) is 16.8. The molecule has 0 aliphatic heterocycles. The normalized spacial score (nSPS) is 16.3. The highest BCUT2D eigenvalue weighted by Crippen LogP contribution is 2.36. The molecule has 1 saturated carbocycles. The molecule has 3 heterocycles. The smallest absolute Gasteiger partial charge is 0.345 e. The first kappa shape index (κ1) is 20.5. The van der Waals surface area contributed by atoms with Crippen molar-refractivity contribution >= 4 is 17.0 Å². The molecule has 1 atom stereocenters. The molecule has 7 nitrogen and oxygen atoms in total. The summed E-state index contributed by atoms with van der Waals surface area (Å²) in [5.41, 5.74) is 2.48. The molecule has 3 aromatic rings. The highest BCUT2D eigenvalue weighted by atomic mass is 19.3. The molecule has 0 aromatic carbocycles. The minimum atomic E-state index is -2.80. The number of nitrogens with zero attached hydrogens (tertiary/aromatic N) is 3. The van der Waals surface area contributed by atoms with Crippen LogP contribution in [0.15, 0.2) is 35.5 Å². The maximum Gasteiger partial charge on any atom is 0.345 e. The number of aromatic amines is 1. The zero-order chi connectivity index (χ0) is 21.1. The van der Waals surface area contributed by atoms with Crippen LogP contribution in [-0.4, -0.2) is 38.8 Å². The number of H-pyrrole nitrogens is 1. The maximum absolute atomic E-state index is 12.3. The molecule has 0 radical (unpaired) electrons. The second-order valence-corrected chi connectivity index (χ2v) is 7.75. The molecule has 160 valence electrons. The molecule has 1 fully saturated rings. The Kier molecular flexibility index (Phi) is 6.08. The van der Waals surface area contributed by atoms with Gasteiger partial charge in [0, 0.05) is 53.3 Å². The van der Waals surface area contributed by atoms with Crippen molar-refractivity contribution in [2.45, 2.75) is 57.7 Å². The van der Waals surface area contributed by atoms with Crippen LogP contribution in [0.25, 0.3) is 22.2 Å². The van der Waals surface area contributed by atoms with E-state index in [1.165, 1.54) is 25.3 Å². The third kappa shape index (κ3) is 4.51. The summed E-state index contributed by atoms with van der Waals surface area (Å²) in [6.07, 6.45) is 11.3. The van der Waals surface area contributed by atoms with Gasteiger partial charge in [-0.1, -0.05) is 19.3 Å². The quantitative estimate of drug-likeness (QED) is 0.598. The van der Waals surface area contributed by atoms with Crippen molar-refractivity contribution in [2.75, 3.05) is 11.9 Å². The lowest BCUT2D eigenvalue weighted by atomic mass is 9.95. The number of fused-ring (bicyclic) bond motifs is 1. The van der Waals surface area contributed by atoms with E-state index in [2.05, 4.69) is 30.8 Å². The molecule has 2 N–H and O–H groups in total. The van der Waals surface area contributed by atoms with Crippen molar-refractivity contribution in [3.63, 3.8) is 0 Å². The Morgan fingerprint density at radius 2 is 2.10 bits per heavy atom. The minimum absolute atomic E-state index is 0.147. The summed E-state index contributed by atoms with van der Waals surface area (Å²) >= 11 is 0. The van der Waals surface area contributed by atoms with Crippen molar-refractivity contribution < 1.29 is 13.5 Å². The molecule has 0 bridgehead atoms. The molecule has 0 amide bonds. The van der Waals surface area contributed by atoms with Crippen molar-refractivity contribution in [1.29, 1.82) is 0 Å². The fraction of sp³-hybridized carbons (Fsp3) is 0.476. The Balaban J connectivity index is 1.71. The molecular weight excluding hydrogens is 392 g/mol. The number of rotatable bonds is 7. The second kappa shape index (κ2) is 8.91. The average molecular weight is 417 g/mol. The first-order valence-electron chi connectivity index (χ1n) is 10.2. The Hall–Kier alpha value is -2.81. The van der Waals surface area contributed by atoms with Crippen LogP contribution in [0.3, 0.4) is 0 Å². The standard InChI is InChI=1S/C21H25F2N5O2/c1-13(12-30-20(22)23)26-21-25-10-16-17(14-7-8-18(29)24-9-14)11-28(19(16)27-21)15-5-3-2-4-6-15/h7-11,13,15,20H,2-6,12H2,1H3,(H,24,29)(H,25,26,27)/t13-/m0/s1. The number of hydrogen-bond donors (Lipinski definition) is 2. The Labute approximate surface area is 172 Å². The highest BCUT2D eigenvalue weighted by molar-refractivity contribution is 5.94. The second-order valence-electron chi connectivity index (χ2n) is 7.75. The van der Waals surface area contributed by atoms with Gasteiger partial charge in [0.05, 0.1) is 6.61 Å². The molecule has 9 heteroatoms. The number of ether oxygens (including phenoxy) is 1. The molecule has 1 aliphatic rings. The van der Waals surface area contributed by atoms with Crippen molar-refractivity contribution in [3.8, 4) is 11.1 Å². The van der Waals surface area contributed by atoms with Gasteiger partial charge < -0.3 is 19.6 Å². The van der Waals surface area contributed by atoms with Gasteiger partial charge in [0.25, 0.3) is 0 Å². The van der Waals surface area contributed by atoms with E-state index in [0.29, 0.717) is 12.0 Å². The Morgan fingerprint density at radius 3 is 2.80 bits per heavy atom. The van der Waals surface area contributed by atoms with Gasteiger partial charge >= 0.3 is 6.61 Å². The molecule has 3 aromatic heterocycles. The number of nitrogens with one attached hydrogen (secondary N) is 2. The fourth-order valence-electron chi connectivity index (χ4n) is 4.02. The fourth-order valence-corrected chi connectivity index (χ4v) is 4.02. The third-order valence-electron chi connectivity index (χ3n) is 5.48. The van der Waals surface area contributed by atoms with E-state index < -0.39 is 6.61 Å². The minimum Gasteiger partial charge on any atom is -0.349 e. The first-order chi connectivity index (χ1) is 14.5. The van der Waals surface area contributed by atoms with Crippen LogP contribution in [0.4, 0.5) is 14.7 Å². The Bertz CT molecular complexity index is 1040. The monoisotopic (exact) mass is 417 g/mol. The molecule has 30 heavy (non-hydrogen) atoms. The van der Waals surface area contributed by atoms with Gasteiger partial charge in [-0.3, -0.25) is 4.79 Å². The molecule has 0 unspecified atom stereocenters. The van der Waals surface area contributed by atoms with Crippen molar-refractivity contribution in [1.82, 2.24) is 19.5 Å². The summed E-state index contributed by atoms with van der Waals surface area (Å²) in [7, 11) is 0. The van der Waals surface area contributed by atoms with Crippen LogP contribution < -0.4 is 10.9 Å². The maximum atomic E-state index is 12.3. The van der Waals surface area contributed by atoms with Crippen LogP contribution in [0.5, 0.6) is 0 Å². The predicted octanol–water partition coefficient (Wildman–Crippen LogP) is 4.33. The van der Waals surface area contributed by atoms with E-state index in [0.717, 1.165) is 35.0 Å². The molecule has 1 aliphatic carbocycles. The van der Waals surface area contributed by atoms with Gasteiger partial charge in [-0.25, -0.2) is 4.98 Å². The van der Waals surface area contributed by atoms with Crippen LogP contribution in [0.2, 0.25) is 0 Å². The van der Waals surface area contributed by atoms with Gasteiger partial charge in [-0.2, -0.15) is 13.8 Å². The lowest BCUT2D eigenvalue weighted by molar-refractivity contribution is -0.130. The zero-order valence-electron chi connectivity index (χ0n) is 16.8. The molecule has 0 saturated heterocycles. The summed E-state index contributed by atoms with van der Waals surface area (Å²) in [6, 6.07) is 3.27. The van der Waals surface area contributed by atoms with E-state index in [9.17, 15) is 13.6 Å². The highest BCUT2D eigenvalue weighted by Gasteiger charge is 2.21. The van der Waals surface area contributed by atoms with Gasteiger partial charge in [0.2, 0.25) is 11.5 Å². The van der Waals surface area contributed by atoms with Crippen molar-refractivity contribution in [2.24, 2.45) is 0 Å². The number of pyridine rings is 1. The summed E-state index contributed by atoms with van der Waals surface area (Å²) in [6.45, 7) is -1.21. The van der Waals surface area contributed by atoms with Crippen LogP contribution in [-0.2, 0) is 4.74 Å². The van der Waals surface area contributed by atoms with Gasteiger partial charge in [-0.05, 0) is 25.8 Å². The number of halogens is 2. The van der Waals surface area contributed by atoms with Gasteiger partial charge in [0.15, 0.2) is 0 Å².